The van der Waals surface area contributed by atoms with Gasteiger partial charge in [0.1, 0.15) is 0 Å². The minimum atomic E-state index is -0.0424. The number of benzene rings is 2. The van der Waals surface area contributed by atoms with Gasteiger partial charge >= 0.3 is 0 Å². The van der Waals surface area contributed by atoms with Crippen molar-refractivity contribution in [3.05, 3.63) is 65.2 Å². The van der Waals surface area contributed by atoms with E-state index in [0.29, 0.717) is 11.3 Å². The van der Waals surface area contributed by atoms with Crippen molar-refractivity contribution in [3.8, 4) is 0 Å². The predicted molar refractivity (Wildman–Crippen MR) is 91.9 cm³/mol. The predicted octanol–water partition coefficient (Wildman–Crippen LogP) is 3.72. The minimum absolute atomic E-state index is 0.0424. The van der Waals surface area contributed by atoms with Crippen molar-refractivity contribution in [2.75, 3.05) is 5.73 Å². The summed E-state index contributed by atoms with van der Waals surface area (Å²) in [7, 11) is 0. The quantitative estimate of drug-likeness (QED) is 0.798. The molecular weight excluding hydrogens is 272 g/mol. The van der Waals surface area contributed by atoms with E-state index in [0.717, 1.165) is 24.8 Å². The number of rotatable bonds is 6. The van der Waals surface area contributed by atoms with E-state index in [1.54, 1.807) is 6.07 Å². The molecule has 116 valence electrons. The lowest BCUT2D eigenvalue weighted by Crippen LogP contribution is -2.36. The van der Waals surface area contributed by atoms with E-state index in [2.05, 4.69) is 24.4 Å². The molecule has 3 heteroatoms. The van der Waals surface area contributed by atoms with Gasteiger partial charge in [-0.3, -0.25) is 4.79 Å². The highest BCUT2D eigenvalue weighted by Crippen LogP contribution is 2.14. The Morgan fingerprint density at radius 2 is 1.91 bits per heavy atom. The van der Waals surface area contributed by atoms with Crippen molar-refractivity contribution in [2.24, 2.45) is 0 Å². The zero-order valence-electron chi connectivity index (χ0n) is 13.3. The van der Waals surface area contributed by atoms with Crippen LogP contribution < -0.4 is 11.1 Å². The average Bonchev–Trinajstić information content (AvgIpc) is 2.51. The van der Waals surface area contributed by atoms with Gasteiger partial charge in [0.15, 0.2) is 0 Å². The summed E-state index contributed by atoms with van der Waals surface area (Å²) in [5.41, 5.74) is 9.26. The molecule has 2 rings (SSSR count). The number of hydrogen-bond acceptors (Lipinski definition) is 2. The lowest BCUT2D eigenvalue weighted by Gasteiger charge is -2.19. The van der Waals surface area contributed by atoms with Crippen molar-refractivity contribution >= 4 is 11.6 Å². The lowest BCUT2D eigenvalue weighted by molar-refractivity contribution is 0.0934. The fourth-order valence-corrected chi connectivity index (χ4v) is 2.62. The molecule has 0 saturated heterocycles. The highest BCUT2D eigenvalue weighted by Gasteiger charge is 2.15. The smallest absolute Gasteiger partial charge is 0.251 e. The highest BCUT2D eigenvalue weighted by atomic mass is 16.1. The molecule has 3 nitrogen and oxygen atoms in total. The zero-order valence-corrected chi connectivity index (χ0v) is 13.3. The van der Waals surface area contributed by atoms with E-state index in [9.17, 15) is 4.79 Å². The number of nitrogen functional groups attached to an aromatic ring is 1. The number of amides is 1. The van der Waals surface area contributed by atoms with Crippen LogP contribution in [0.15, 0.2) is 48.5 Å². The summed E-state index contributed by atoms with van der Waals surface area (Å²) in [5, 5.41) is 3.16. The number of nitrogens with two attached hydrogens (primary N) is 1. The number of carbonyl (C=O) groups excluding carboxylic acids is 1. The maximum Gasteiger partial charge on any atom is 0.251 e. The molecule has 1 atom stereocenters. The normalized spacial score (nSPS) is 11.9. The van der Waals surface area contributed by atoms with Crippen LogP contribution in [0, 0.1) is 6.92 Å². The first-order chi connectivity index (χ1) is 10.6. The van der Waals surface area contributed by atoms with Crippen molar-refractivity contribution in [3.63, 3.8) is 0 Å². The van der Waals surface area contributed by atoms with E-state index in [1.165, 1.54) is 5.56 Å². The van der Waals surface area contributed by atoms with Gasteiger partial charge < -0.3 is 11.1 Å². The van der Waals surface area contributed by atoms with Gasteiger partial charge in [0.2, 0.25) is 0 Å². The number of anilines is 1. The van der Waals surface area contributed by atoms with Crippen LogP contribution in [0.25, 0.3) is 0 Å². The molecule has 0 aliphatic carbocycles. The molecule has 0 bridgehead atoms. The summed E-state index contributed by atoms with van der Waals surface area (Å²) >= 11 is 0. The zero-order chi connectivity index (χ0) is 15.9. The third kappa shape index (κ3) is 4.35. The van der Waals surface area contributed by atoms with Crippen LogP contribution >= 0.6 is 0 Å². The van der Waals surface area contributed by atoms with Gasteiger partial charge in [-0.1, -0.05) is 49.7 Å². The number of nitrogens with one attached hydrogen (secondary N) is 1. The standard InChI is InChI=1S/C19H24N2O/c1-3-7-17(12-15-8-5-4-6-9-15)21-19(22)18-13-16(20)11-10-14(18)2/h4-6,8-11,13,17H,3,7,12,20H2,1-2H3,(H,21,22). The second-order valence-electron chi connectivity index (χ2n) is 5.72. The van der Waals surface area contributed by atoms with Gasteiger partial charge in [-0.2, -0.15) is 0 Å². The van der Waals surface area contributed by atoms with Crippen LogP contribution in [0.2, 0.25) is 0 Å². The maximum atomic E-state index is 12.5. The minimum Gasteiger partial charge on any atom is -0.399 e. The summed E-state index contributed by atoms with van der Waals surface area (Å²) in [4.78, 5) is 12.5. The Morgan fingerprint density at radius 3 is 2.59 bits per heavy atom. The molecule has 0 radical (unpaired) electrons. The Morgan fingerprint density at radius 1 is 1.18 bits per heavy atom. The Labute approximate surface area is 132 Å². The van der Waals surface area contributed by atoms with E-state index < -0.39 is 0 Å². The molecule has 1 unspecified atom stereocenters. The number of carbonyl (C=O) groups is 1. The van der Waals surface area contributed by atoms with Crippen LogP contribution in [0.4, 0.5) is 5.69 Å². The lowest BCUT2D eigenvalue weighted by atomic mass is 10.0. The Bertz CT molecular complexity index is 623. The van der Waals surface area contributed by atoms with Gasteiger partial charge in [-0.05, 0) is 43.0 Å². The number of hydrogen-bond donors (Lipinski definition) is 2. The topological polar surface area (TPSA) is 55.1 Å². The SMILES string of the molecule is CCCC(Cc1ccccc1)NC(=O)c1cc(N)ccc1C. The molecule has 0 saturated carbocycles. The second-order valence-corrected chi connectivity index (χ2v) is 5.72. The fourth-order valence-electron chi connectivity index (χ4n) is 2.62. The van der Waals surface area contributed by atoms with E-state index in [-0.39, 0.29) is 11.9 Å². The fraction of sp³-hybridized carbons (Fsp3) is 0.316. The van der Waals surface area contributed by atoms with Crippen LogP contribution in [-0.2, 0) is 6.42 Å². The summed E-state index contributed by atoms with van der Waals surface area (Å²) in [6.07, 6.45) is 2.84. The van der Waals surface area contributed by atoms with E-state index >= 15 is 0 Å². The van der Waals surface area contributed by atoms with Crippen molar-refractivity contribution in [1.82, 2.24) is 5.32 Å². The summed E-state index contributed by atoms with van der Waals surface area (Å²) in [6.45, 7) is 4.07. The molecule has 0 spiro atoms. The van der Waals surface area contributed by atoms with Crippen LogP contribution in [-0.4, -0.2) is 11.9 Å². The van der Waals surface area contributed by atoms with Gasteiger partial charge in [-0.25, -0.2) is 0 Å². The second kappa shape index (κ2) is 7.64. The maximum absolute atomic E-state index is 12.5. The van der Waals surface area contributed by atoms with Crippen molar-refractivity contribution in [1.29, 1.82) is 0 Å². The Kier molecular flexibility index (Phi) is 5.59. The third-order valence-electron chi connectivity index (χ3n) is 3.80. The molecule has 0 fully saturated rings. The van der Waals surface area contributed by atoms with Gasteiger partial charge in [0.05, 0.1) is 0 Å². The first kappa shape index (κ1) is 16.1. The van der Waals surface area contributed by atoms with E-state index in [4.69, 9.17) is 5.73 Å². The monoisotopic (exact) mass is 296 g/mol. The molecule has 2 aromatic carbocycles. The van der Waals surface area contributed by atoms with Crippen LogP contribution in [0.5, 0.6) is 0 Å². The summed E-state index contributed by atoms with van der Waals surface area (Å²) in [6, 6.07) is 15.9. The average molecular weight is 296 g/mol. The van der Waals surface area contributed by atoms with Gasteiger partial charge in [-0.15, -0.1) is 0 Å². The molecule has 0 aliphatic heterocycles. The first-order valence-electron chi connectivity index (χ1n) is 7.81. The van der Waals surface area contributed by atoms with E-state index in [1.807, 2.05) is 37.3 Å². The van der Waals surface area contributed by atoms with Gasteiger partial charge in [0, 0.05) is 17.3 Å². The Hall–Kier alpha value is -2.29. The third-order valence-corrected chi connectivity index (χ3v) is 3.80. The number of aryl methyl sites for hydroxylation is 1. The molecule has 0 aromatic heterocycles. The van der Waals surface area contributed by atoms with Crippen LogP contribution in [0.1, 0.15) is 41.3 Å². The molecule has 3 N–H and O–H groups in total. The molecule has 0 heterocycles. The molecule has 22 heavy (non-hydrogen) atoms. The summed E-state index contributed by atoms with van der Waals surface area (Å²) < 4.78 is 0. The van der Waals surface area contributed by atoms with Crippen molar-refractivity contribution in [2.45, 2.75) is 39.2 Å². The van der Waals surface area contributed by atoms with Crippen LogP contribution in [0.3, 0.4) is 0 Å². The Balaban J connectivity index is 2.10. The molecule has 2 aromatic rings. The largest absolute Gasteiger partial charge is 0.399 e. The molecular formula is C19H24N2O. The summed E-state index contributed by atoms with van der Waals surface area (Å²) in [5.74, 6) is -0.0424. The molecule has 1 amide bonds. The highest BCUT2D eigenvalue weighted by molar-refractivity contribution is 5.96. The molecule has 0 aliphatic rings. The first-order valence-corrected chi connectivity index (χ1v) is 7.81. The van der Waals surface area contributed by atoms with Gasteiger partial charge in [0.25, 0.3) is 5.91 Å². The van der Waals surface area contributed by atoms with Crippen molar-refractivity contribution < 1.29 is 4.79 Å².